The van der Waals surface area contributed by atoms with Gasteiger partial charge in [-0.15, -0.1) is 0 Å². The summed E-state index contributed by atoms with van der Waals surface area (Å²) in [5, 5.41) is 7.66. The summed E-state index contributed by atoms with van der Waals surface area (Å²) >= 11 is 0. The minimum atomic E-state index is -3.19. The molecule has 9 nitrogen and oxygen atoms in total. The van der Waals surface area contributed by atoms with Crippen molar-refractivity contribution < 1.29 is 13.2 Å². The zero-order valence-electron chi connectivity index (χ0n) is 15.5. The van der Waals surface area contributed by atoms with Crippen LogP contribution in [0.15, 0.2) is 65.5 Å². The van der Waals surface area contributed by atoms with Gasteiger partial charge in [-0.3, -0.25) is 4.79 Å². The van der Waals surface area contributed by atoms with E-state index in [1.165, 1.54) is 4.90 Å². The topological polar surface area (TPSA) is 107 Å². The lowest BCUT2D eigenvalue weighted by atomic mass is 10.2. The van der Waals surface area contributed by atoms with Crippen LogP contribution in [0.1, 0.15) is 6.42 Å². The van der Waals surface area contributed by atoms with Gasteiger partial charge in [-0.2, -0.15) is 9.36 Å². The van der Waals surface area contributed by atoms with Crippen LogP contribution in [-0.2, 0) is 21.2 Å². The van der Waals surface area contributed by atoms with E-state index in [2.05, 4.69) is 10.4 Å². The van der Waals surface area contributed by atoms with Gasteiger partial charge in [-0.05, 0) is 41.1 Å². The van der Waals surface area contributed by atoms with Crippen molar-refractivity contribution in [1.82, 2.24) is 19.8 Å². The SMILES string of the molecule is O=C(Cn1nnn(-c2ccccc2)c1=O)N(c1ccccc1)C1CCS(=O)(=O)C1. The first kappa shape index (κ1) is 19.1. The van der Waals surface area contributed by atoms with Crippen molar-refractivity contribution in [2.45, 2.75) is 19.0 Å². The number of para-hydroxylation sites is 2. The van der Waals surface area contributed by atoms with Crippen molar-refractivity contribution in [2.24, 2.45) is 0 Å². The molecule has 4 rings (SSSR count). The molecule has 1 unspecified atom stereocenters. The summed E-state index contributed by atoms with van der Waals surface area (Å²) in [7, 11) is -3.19. The third kappa shape index (κ3) is 3.97. The number of nitrogens with zero attached hydrogens (tertiary/aromatic N) is 5. The van der Waals surface area contributed by atoms with Gasteiger partial charge in [0.25, 0.3) is 0 Å². The van der Waals surface area contributed by atoms with Crippen LogP contribution in [0.2, 0.25) is 0 Å². The fourth-order valence-electron chi connectivity index (χ4n) is 3.44. The Balaban J connectivity index is 1.63. The Kier molecular flexibility index (Phi) is 5.01. The molecular formula is C19H19N5O4S. The summed E-state index contributed by atoms with van der Waals surface area (Å²) in [6.45, 7) is -0.336. The third-order valence-electron chi connectivity index (χ3n) is 4.80. The lowest BCUT2D eigenvalue weighted by molar-refractivity contribution is -0.119. The molecule has 1 atom stereocenters. The maximum atomic E-state index is 13.1. The number of hydrogen-bond donors (Lipinski definition) is 0. The summed E-state index contributed by atoms with van der Waals surface area (Å²) in [6.07, 6.45) is 0.356. The zero-order chi connectivity index (χ0) is 20.4. The molecule has 1 saturated heterocycles. The zero-order valence-corrected chi connectivity index (χ0v) is 16.3. The normalized spacial score (nSPS) is 17.9. The van der Waals surface area contributed by atoms with E-state index in [9.17, 15) is 18.0 Å². The van der Waals surface area contributed by atoms with Crippen molar-refractivity contribution >= 4 is 21.4 Å². The summed E-state index contributed by atoms with van der Waals surface area (Å²) in [5.41, 5.74) is 0.581. The number of sulfone groups is 1. The molecule has 2 aromatic carbocycles. The second-order valence-electron chi connectivity index (χ2n) is 6.82. The number of aromatic nitrogens is 4. The fraction of sp³-hybridized carbons (Fsp3) is 0.263. The molecule has 3 aromatic rings. The van der Waals surface area contributed by atoms with E-state index in [0.29, 0.717) is 17.8 Å². The fourth-order valence-corrected chi connectivity index (χ4v) is 5.13. The minimum absolute atomic E-state index is 0.0401. The molecule has 1 aromatic heterocycles. The van der Waals surface area contributed by atoms with Crippen molar-refractivity contribution in [2.75, 3.05) is 16.4 Å². The summed E-state index contributed by atoms with van der Waals surface area (Å²) in [5.74, 6) is -0.474. The van der Waals surface area contributed by atoms with Crippen LogP contribution in [0, 0.1) is 0 Å². The predicted molar refractivity (Wildman–Crippen MR) is 107 cm³/mol. The lowest BCUT2D eigenvalue weighted by Crippen LogP contribution is -2.44. The summed E-state index contributed by atoms with van der Waals surface area (Å²) in [6, 6.07) is 17.1. The van der Waals surface area contributed by atoms with Crippen LogP contribution >= 0.6 is 0 Å². The summed E-state index contributed by atoms with van der Waals surface area (Å²) in [4.78, 5) is 27.2. The highest BCUT2D eigenvalue weighted by Gasteiger charge is 2.35. The molecule has 150 valence electrons. The Hall–Kier alpha value is -3.27. The Morgan fingerprint density at radius 1 is 1.03 bits per heavy atom. The standard InChI is InChI=1S/C19H19N5O4S/c25-18(13-22-19(26)24(21-20-22)16-9-5-2-6-10-16)23(15-7-3-1-4-8-15)17-11-12-29(27,28)14-17/h1-10,17H,11-14H2. The largest absolute Gasteiger partial charge is 0.368 e. The molecule has 29 heavy (non-hydrogen) atoms. The van der Waals surface area contributed by atoms with Gasteiger partial charge in [-0.25, -0.2) is 13.2 Å². The predicted octanol–water partition coefficient (Wildman–Crippen LogP) is 0.649. The van der Waals surface area contributed by atoms with Crippen molar-refractivity contribution in [3.63, 3.8) is 0 Å². The number of tetrazole rings is 1. The van der Waals surface area contributed by atoms with Crippen LogP contribution in [0.4, 0.5) is 5.69 Å². The molecule has 0 saturated carbocycles. The minimum Gasteiger partial charge on any atom is -0.307 e. The Morgan fingerprint density at radius 3 is 2.31 bits per heavy atom. The van der Waals surface area contributed by atoms with E-state index in [1.807, 2.05) is 12.1 Å². The number of carbonyl (C=O) groups excluding carboxylic acids is 1. The Morgan fingerprint density at radius 2 is 1.69 bits per heavy atom. The second-order valence-corrected chi connectivity index (χ2v) is 9.05. The average molecular weight is 413 g/mol. The van der Waals surface area contributed by atoms with E-state index >= 15 is 0 Å². The van der Waals surface area contributed by atoms with Crippen LogP contribution < -0.4 is 10.6 Å². The average Bonchev–Trinajstić information content (AvgIpc) is 3.26. The summed E-state index contributed by atoms with van der Waals surface area (Å²) < 4.78 is 26.0. The van der Waals surface area contributed by atoms with Crippen molar-refractivity contribution in [3.8, 4) is 5.69 Å². The monoisotopic (exact) mass is 413 g/mol. The van der Waals surface area contributed by atoms with Gasteiger partial charge in [0.2, 0.25) is 5.91 Å². The molecule has 0 N–H and O–H groups in total. The van der Waals surface area contributed by atoms with E-state index in [-0.39, 0.29) is 18.1 Å². The maximum absolute atomic E-state index is 13.1. The second kappa shape index (κ2) is 7.63. The van der Waals surface area contributed by atoms with E-state index in [4.69, 9.17) is 0 Å². The first-order valence-electron chi connectivity index (χ1n) is 9.10. The highest BCUT2D eigenvalue weighted by molar-refractivity contribution is 7.91. The van der Waals surface area contributed by atoms with Crippen LogP contribution in [0.3, 0.4) is 0 Å². The van der Waals surface area contributed by atoms with E-state index < -0.39 is 27.5 Å². The Bertz CT molecular complexity index is 1170. The first-order chi connectivity index (χ1) is 13.9. The number of amides is 1. The van der Waals surface area contributed by atoms with Crippen LogP contribution in [-0.4, -0.2) is 51.7 Å². The molecule has 1 aliphatic rings. The Labute approximate surface area is 167 Å². The molecular weight excluding hydrogens is 394 g/mol. The number of carbonyl (C=O) groups is 1. The van der Waals surface area contributed by atoms with Gasteiger partial charge in [0.1, 0.15) is 6.54 Å². The molecule has 2 heterocycles. The number of rotatable bonds is 5. The highest BCUT2D eigenvalue weighted by Crippen LogP contribution is 2.24. The van der Waals surface area contributed by atoms with Gasteiger partial charge < -0.3 is 4.90 Å². The van der Waals surface area contributed by atoms with Gasteiger partial charge in [-0.1, -0.05) is 36.4 Å². The quantitative estimate of drug-likeness (QED) is 0.608. The number of anilines is 1. The number of hydrogen-bond acceptors (Lipinski definition) is 6. The molecule has 10 heteroatoms. The molecule has 0 spiro atoms. The highest BCUT2D eigenvalue weighted by atomic mass is 32.2. The third-order valence-corrected chi connectivity index (χ3v) is 6.55. The van der Waals surface area contributed by atoms with Gasteiger partial charge in [0.05, 0.1) is 23.2 Å². The number of benzene rings is 2. The van der Waals surface area contributed by atoms with Gasteiger partial charge in [0, 0.05) is 5.69 Å². The molecule has 1 fully saturated rings. The van der Waals surface area contributed by atoms with E-state index in [1.54, 1.807) is 48.5 Å². The molecule has 0 radical (unpaired) electrons. The van der Waals surface area contributed by atoms with Crippen LogP contribution in [0.25, 0.3) is 5.69 Å². The maximum Gasteiger partial charge on any atom is 0.368 e. The molecule has 1 aliphatic heterocycles. The van der Waals surface area contributed by atoms with Crippen molar-refractivity contribution in [3.05, 3.63) is 71.1 Å². The van der Waals surface area contributed by atoms with Gasteiger partial charge in [0.15, 0.2) is 9.84 Å². The van der Waals surface area contributed by atoms with E-state index in [0.717, 1.165) is 9.36 Å². The van der Waals surface area contributed by atoms with Crippen molar-refractivity contribution in [1.29, 1.82) is 0 Å². The molecule has 0 bridgehead atoms. The van der Waals surface area contributed by atoms with Crippen LogP contribution in [0.5, 0.6) is 0 Å². The molecule has 1 amide bonds. The molecule has 0 aliphatic carbocycles. The van der Waals surface area contributed by atoms with Gasteiger partial charge >= 0.3 is 5.69 Å². The first-order valence-corrected chi connectivity index (χ1v) is 10.9. The lowest BCUT2D eigenvalue weighted by Gasteiger charge is -2.28. The smallest absolute Gasteiger partial charge is 0.307 e.